The van der Waals surface area contributed by atoms with Gasteiger partial charge < -0.3 is 9.13 Å². The molecule has 0 aliphatic carbocycles. The van der Waals surface area contributed by atoms with Gasteiger partial charge in [0.25, 0.3) is 0 Å². The minimum Gasteiger partial charge on any atom is -0.309 e. The summed E-state index contributed by atoms with van der Waals surface area (Å²) >= 11 is 0. The van der Waals surface area contributed by atoms with Crippen LogP contribution in [0.5, 0.6) is 0 Å². The Hall–Kier alpha value is -6.88. The number of aromatic nitrogens is 2. The lowest BCUT2D eigenvalue weighted by molar-refractivity contribution is 1.18. The summed E-state index contributed by atoms with van der Waals surface area (Å²) in [5, 5.41) is 24.4. The van der Waals surface area contributed by atoms with Gasteiger partial charge >= 0.3 is 0 Å². The molecule has 2 heterocycles. The van der Waals surface area contributed by atoms with Crippen molar-refractivity contribution in [2.24, 2.45) is 0 Å². The lowest BCUT2D eigenvalue weighted by Gasteiger charge is -2.16. The van der Waals surface area contributed by atoms with Gasteiger partial charge in [0, 0.05) is 32.8 Å². The van der Waals surface area contributed by atoms with Crippen molar-refractivity contribution < 1.29 is 0 Å². The predicted octanol–water partition coefficient (Wildman–Crippen LogP) is 11.0. The fourth-order valence-electron chi connectivity index (χ4n) is 7.25. The van der Waals surface area contributed by atoms with Crippen LogP contribution in [-0.4, -0.2) is 9.13 Å². The van der Waals surface area contributed by atoms with Crippen LogP contribution in [0.4, 0.5) is 0 Å². The van der Waals surface area contributed by atoms with Crippen LogP contribution in [0.3, 0.4) is 0 Å². The Morgan fingerprint density at radius 1 is 0.375 bits per heavy atom. The molecular weight excluding hydrogens is 585 g/mol. The zero-order valence-electron chi connectivity index (χ0n) is 25.8. The fourth-order valence-corrected chi connectivity index (χ4v) is 7.25. The van der Waals surface area contributed by atoms with E-state index in [9.17, 15) is 10.5 Å². The Balaban J connectivity index is 1.24. The predicted molar refractivity (Wildman–Crippen MR) is 195 cm³/mol. The number of benzene rings is 7. The lowest BCUT2D eigenvalue weighted by atomic mass is 9.95. The zero-order chi connectivity index (χ0) is 32.2. The molecule has 0 aliphatic heterocycles. The highest BCUT2D eigenvalue weighted by atomic mass is 15.0. The third-order valence-electron chi connectivity index (χ3n) is 9.34. The topological polar surface area (TPSA) is 57.4 Å². The maximum atomic E-state index is 10.2. The van der Waals surface area contributed by atoms with Gasteiger partial charge in [0.15, 0.2) is 0 Å². The van der Waals surface area contributed by atoms with E-state index in [0.717, 1.165) is 66.5 Å². The first kappa shape index (κ1) is 27.4. The highest BCUT2D eigenvalue weighted by molar-refractivity contribution is 6.11. The molecule has 9 aromatic rings. The number of hydrogen-bond donors (Lipinski definition) is 0. The molecule has 0 spiro atoms. The monoisotopic (exact) mass is 610 g/mol. The van der Waals surface area contributed by atoms with Crippen molar-refractivity contribution in [3.63, 3.8) is 0 Å². The highest BCUT2D eigenvalue weighted by Gasteiger charge is 2.17. The second-order valence-corrected chi connectivity index (χ2v) is 12.0. The van der Waals surface area contributed by atoms with Gasteiger partial charge in [0.05, 0.1) is 51.0 Å². The van der Waals surface area contributed by atoms with Crippen LogP contribution in [0.2, 0.25) is 0 Å². The fraction of sp³-hybridized carbons (Fsp3) is 0. The molecule has 0 unspecified atom stereocenters. The number of rotatable bonds is 4. The van der Waals surface area contributed by atoms with E-state index < -0.39 is 0 Å². The summed E-state index contributed by atoms with van der Waals surface area (Å²) in [6, 6.07) is 59.0. The minimum absolute atomic E-state index is 0.598. The molecule has 0 saturated heterocycles. The standard InChI is InChI=1S/C44H26N4/c45-27-29-20-21-44-39(24-29)38-15-4-8-19-43(38)48(44)40-16-5-1-12-35(40)33-23-30(28-46)22-32(25-33)31-10-9-11-34(26-31)47-41-17-6-2-13-36(41)37-14-3-7-18-42(37)47/h1-26H. The van der Waals surface area contributed by atoms with Crippen LogP contribution < -0.4 is 0 Å². The van der Waals surface area contributed by atoms with Crippen LogP contribution in [0.1, 0.15) is 11.1 Å². The molecule has 2 aromatic heterocycles. The SMILES string of the molecule is N#Cc1cc(-c2cccc(-n3c4ccccc4c4ccccc43)c2)cc(-c2ccccc2-n2c3ccccc3c3cc(C#N)ccc32)c1. The molecule has 9 rings (SSSR count). The Kier molecular flexibility index (Phi) is 6.22. The number of nitrogens with zero attached hydrogens (tertiary/aromatic N) is 4. The van der Waals surface area contributed by atoms with Crippen molar-refractivity contribution in [3.05, 3.63) is 169 Å². The van der Waals surface area contributed by atoms with E-state index >= 15 is 0 Å². The number of hydrogen-bond acceptors (Lipinski definition) is 2. The molecule has 7 aromatic carbocycles. The third kappa shape index (κ3) is 4.22. The smallest absolute Gasteiger partial charge is 0.0992 e. The molecule has 0 fully saturated rings. The zero-order valence-corrected chi connectivity index (χ0v) is 25.8. The summed E-state index contributed by atoms with van der Waals surface area (Å²) in [6.07, 6.45) is 0. The largest absolute Gasteiger partial charge is 0.309 e. The van der Waals surface area contributed by atoms with Crippen molar-refractivity contribution in [1.29, 1.82) is 10.5 Å². The van der Waals surface area contributed by atoms with E-state index in [2.05, 4.69) is 124 Å². The van der Waals surface area contributed by atoms with E-state index in [1.54, 1.807) is 0 Å². The maximum absolute atomic E-state index is 10.2. The lowest BCUT2D eigenvalue weighted by Crippen LogP contribution is -1.98. The normalized spacial score (nSPS) is 11.3. The van der Waals surface area contributed by atoms with Crippen molar-refractivity contribution in [3.8, 4) is 45.8 Å². The summed E-state index contributed by atoms with van der Waals surface area (Å²) in [7, 11) is 0. The number of fused-ring (bicyclic) bond motifs is 6. The van der Waals surface area contributed by atoms with E-state index in [1.807, 2.05) is 54.6 Å². The Morgan fingerprint density at radius 3 is 1.67 bits per heavy atom. The summed E-state index contributed by atoms with van der Waals surface area (Å²) in [6.45, 7) is 0. The molecule has 0 radical (unpaired) electrons. The Bertz CT molecular complexity index is 2760. The van der Waals surface area contributed by atoms with E-state index in [4.69, 9.17) is 0 Å². The van der Waals surface area contributed by atoms with Gasteiger partial charge in [-0.3, -0.25) is 0 Å². The second-order valence-electron chi connectivity index (χ2n) is 12.0. The average Bonchev–Trinajstić information content (AvgIpc) is 3.67. The van der Waals surface area contributed by atoms with E-state index in [1.165, 1.54) is 10.8 Å². The van der Waals surface area contributed by atoms with Gasteiger partial charge in [-0.25, -0.2) is 0 Å². The molecule has 48 heavy (non-hydrogen) atoms. The van der Waals surface area contributed by atoms with Gasteiger partial charge in [-0.05, 0) is 89.5 Å². The molecule has 4 heteroatoms. The molecule has 0 N–H and O–H groups in total. The van der Waals surface area contributed by atoms with Crippen LogP contribution >= 0.6 is 0 Å². The Morgan fingerprint density at radius 2 is 0.958 bits per heavy atom. The van der Waals surface area contributed by atoms with Crippen LogP contribution in [-0.2, 0) is 0 Å². The molecule has 0 bridgehead atoms. The van der Waals surface area contributed by atoms with E-state index in [0.29, 0.717) is 11.1 Å². The maximum Gasteiger partial charge on any atom is 0.0992 e. The number of nitriles is 2. The molecule has 222 valence electrons. The summed E-state index contributed by atoms with van der Waals surface area (Å²) in [4.78, 5) is 0. The van der Waals surface area contributed by atoms with Crippen molar-refractivity contribution >= 4 is 43.6 Å². The van der Waals surface area contributed by atoms with Gasteiger partial charge in [0.2, 0.25) is 0 Å². The van der Waals surface area contributed by atoms with Crippen LogP contribution in [0.15, 0.2) is 158 Å². The third-order valence-corrected chi connectivity index (χ3v) is 9.34. The molecule has 0 amide bonds. The van der Waals surface area contributed by atoms with Crippen molar-refractivity contribution in [2.75, 3.05) is 0 Å². The summed E-state index contributed by atoms with van der Waals surface area (Å²) < 4.78 is 4.58. The first-order valence-corrected chi connectivity index (χ1v) is 15.9. The van der Waals surface area contributed by atoms with Crippen LogP contribution in [0, 0.1) is 22.7 Å². The molecule has 0 aliphatic rings. The molecular formula is C44H26N4. The quantitative estimate of drug-likeness (QED) is 0.199. The Labute approximate surface area is 277 Å². The molecule has 4 nitrogen and oxygen atoms in total. The first-order valence-electron chi connectivity index (χ1n) is 15.9. The minimum atomic E-state index is 0.598. The van der Waals surface area contributed by atoms with Crippen LogP contribution in [0.25, 0.3) is 77.2 Å². The van der Waals surface area contributed by atoms with Gasteiger partial charge in [-0.2, -0.15) is 10.5 Å². The summed E-state index contributed by atoms with van der Waals surface area (Å²) in [5.74, 6) is 0. The van der Waals surface area contributed by atoms with E-state index in [-0.39, 0.29) is 0 Å². The van der Waals surface area contributed by atoms with Crippen molar-refractivity contribution in [1.82, 2.24) is 9.13 Å². The average molecular weight is 611 g/mol. The second kappa shape index (κ2) is 10.9. The highest BCUT2D eigenvalue weighted by Crippen LogP contribution is 2.39. The molecule has 0 atom stereocenters. The summed E-state index contributed by atoms with van der Waals surface area (Å²) in [5.41, 5.74) is 11.7. The van der Waals surface area contributed by atoms with Gasteiger partial charge in [-0.1, -0.05) is 84.9 Å². The van der Waals surface area contributed by atoms with Gasteiger partial charge in [0.1, 0.15) is 0 Å². The first-order chi connectivity index (χ1) is 23.7. The van der Waals surface area contributed by atoms with Crippen molar-refractivity contribution in [2.45, 2.75) is 0 Å². The van der Waals surface area contributed by atoms with Gasteiger partial charge in [-0.15, -0.1) is 0 Å². The molecule has 0 saturated carbocycles. The number of para-hydroxylation sites is 4.